The van der Waals surface area contributed by atoms with E-state index in [-0.39, 0.29) is 5.82 Å². The maximum atomic E-state index is 13.3. The zero-order valence-electron chi connectivity index (χ0n) is 14.4. The quantitative estimate of drug-likeness (QED) is 0.611. The summed E-state index contributed by atoms with van der Waals surface area (Å²) in [6.07, 6.45) is 0.818. The fourth-order valence-corrected chi connectivity index (χ4v) is 4.07. The number of nitrogens with two attached hydrogens (primary N) is 1. The van der Waals surface area contributed by atoms with E-state index in [0.717, 1.165) is 34.6 Å². The third kappa shape index (κ3) is 3.40. The first-order chi connectivity index (χ1) is 12.4. The third-order valence-corrected chi connectivity index (χ3v) is 5.45. The molecular formula is C19H18FN3OS2. The summed E-state index contributed by atoms with van der Waals surface area (Å²) >= 11 is 6.62. The van der Waals surface area contributed by atoms with E-state index in [4.69, 9.17) is 18.0 Å². The molecule has 26 heavy (non-hydrogen) atoms. The molecule has 2 aromatic carbocycles. The lowest BCUT2D eigenvalue weighted by Crippen LogP contribution is -2.14. The second kappa shape index (κ2) is 7.39. The number of nitrogen functional groups attached to an aromatic ring is 1. The maximum absolute atomic E-state index is 13.3. The molecule has 0 aliphatic heterocycles. The molecule has 1 heterocycles. The van der Waals surface area contributed by atoms with Crippen molar-refractivity contribution < 1.29 is 9.18 Å². The van der Waals surface area contributed by atoms with Crippen LogP contribution >= 0.6 is 23.6 Å². The summed E-state index contributed by atoms with van der Waals surface area (Å²) in [6.45, 7) is 4.04. The second-order valence-electron chi connectivity index (χ2n) is 5.82. The number of benzene rings is 2. The molecule has 0 saturated heterocycles. The molecule has 0 fully saturated rings. The number of carbonyl (C=O) groups is 1. The van der Waals surface area contributed by atoms with Crippen LogP contribution in [0.2, 0.25) is 0 Å². The highest BCUT2D eigenvalue weighted by atomic mass is 32.1. The van der Waals surface area contributed by atoms with Crippen LogP contribution in [0.5, 0.6) is 0 Å². The van der Waals surface area contributed by atoms with Crippen molar-refractivity contribution in [1.82, 2.24) is 4.57 Å². The molecule has 0 spiro atoms. The summed E-state index contributed by atoms with van der Waals surface area (Å²) in [4.78, 5) is 12.9. The predicted molar refractivity (Wildman–Crippen MR) is 107 cm³/mol. The van der Waals surface area contributed by atoms with Gasteiger partial charge in [0.2, 0.25) is 0 Å². The van der Waals surface area contributed by atoms with Crippen LogP contribution in [0, 0.1) is 16.7 Å². The minimum atomic E-state index is -0.423. The number of aryl methyl sites for hydroxylation is 2. The molecule has 3 N–H and O–H groups in total. The maximum Gasteiger partial charge on any atom is 0.269 e. The minimum absolute atomic E-state index is 0.290. The number of nitrogens with one attached hydrogen (secondary N) is 1. The van der Waals surface area contributed by atoms with Crippen LogP contribution in [0.25, 0.3) is 5.69 Å². The van der Waals surface area contributed by atoms with Gasteiger partial charge in [0.15, 0.2) is 3.95 Å². The smallest absolute Gasteiger partial charge is 0.269 e. The van der Waals surface area contributed by atoms with Crippen molar-refractivity contribution in [3.8, 4) is 5.69 Å². The van der Waals surface area contributed by atoms with Gasteiger partial charge in [-0.15, -0.1) is 0 Å². The molecule has 0 unspecified atom stereocenters. The van der Waals surface area contributed by atoms with Crippen LogP contribution in [0.1, 0.15) is 27.7 Å². The number of halogens is 1. The van der Waals surface area contributed by atoms with Crippen LogP contribution in [0.4, 0.5) is 15.9 Å². The summed E-state index contributed by atoms with van der Waals surface area (Å²) in [5.41, 5.74) is 9.70. The van der Waals surface area contributed by atoms with Gasteiger partial charge in [-0.05, 0) is 54.9 Å². The Morgan fingerprint density at radius 1 is 1.31 bits per heavy atom. The average Bonchev–Trinajstić information content (AvgIpc) is 2.89. The Morgan fingerprint density at radius 3 is 2.73 bits per heavy atom. The fraction of sp³-hybridized carbons (Fsp3) is 0.158. The predicted octanol–water partition coefficient (Wildman–Crippen LogP) is 5.11. The van der Waals surface area contributed by atoms with Gasteiger partial charge in [0, 0.05) is 5.69 Å². The van der Waals surface area contributed by atoms with Crippen LogP contribution < -0.4 is 11.1 Å². The fourth-order valence-electron chi connectivity index (χ4n) is 2.84. The van der Waals surface area contributed by atoms with E-state index < -0.39 is 11.7 Å². The first kappa shape index (κ1) is 18.3. The van der Waals surface area contributed by atoms with Crippen LogP contribution in [0.3, 0.4) is 0 Å². The normalized spacial score (nSPS) is 10.7. The summed E-state index contributed by atoms with van der Waals surface area (Å²) in [5.74, 6) is -0.541. The number of anilines is 2. The Morgan fingerprint density at radius 2 is 2.04 bits per heavy atom. The molecule has 1 amide bonds. The lowest BCUT2D eigenvalue weighted by molar-refractivity contribution is 0.103. The monoisotopic (exact) mass is 387 g/mol. The van der Waals surface area contributed by atoms with Crippen molar-refractivity contribution in [3.05, 3.63) is 68.2 Å². The second-order valence-corrected chi connectivity index (χ2v) is 7.46. The number of amides is 1. The third-order valence-electron chi connectivity index (χ3n) is 4.06. The molecular weight excluding hydrogens is 369 g/mol. The number of hydrogen-bond donors (Lipinski definition) is 2. The van der Waals surface area contributed by atoms with Gasteiger partial charge in [-0.25, -0.2) is 4.39 Å². The van der Waals surface area contributed by atoms with E-state index >= 15 is 0 Å². The Bertz CT molecular complexity index is 1040. The van der Waals surface area contributed by atoms with E-state index in [1.54, 1.807) is 10.6 Å². The molecule has 3 aromatic rings. The molecule has 3 rings (SSSR count). The highest BCUT2D eigenvalue weighted by molar-refractivity contribution is 7.73. The van der Waals surface area contributed by atoms with Crippen molar-refractivity contribution in [2.45, 2.75) is 20.3 Å². The Kier molecular flexibility index (Phi) is 5.20. The molecule has 7 heteroatoms. The summed E-state index contributed by atoms with van der Waals surface area (Å²) in [7, 11) is 0. The highest BCUT2D eigenvalue weighted by Crippen LogP contribution is 2.30. The molecule has 0 bridgehead atoms. The van der Waals surface area contributed by atoms with Crippen LogP contribution in [-0.2, 0) is 6.42 Å². The summed E-state index contributed by atoms with van der Waals surface area (Å²) in [5, 5.41) is 2.67. The Labute approximate surface area is 160 Å². The van der Waals surface area contributed by atoms with E-state index in [2.05, 4.69) is 12.2 Å². The van der Waals surface area contributed by atoms with Crippen molar-refractivity contribution in [2.24, 2.45) is 0 Å². The van der Waals surface area contributed by atoms with Gasteiger partial charge in [-0.3, -0.25) is 9.36 Å². The van der Waals surface area contributed by atoms with Gasteiger partial charge in [0.1, 0.15) is 16.5 Å². The van der Waals surface area contributed by atoms with Gasteiger partial charge in [-0.2, -0.15) is 0 Å². The number of rotatable bonds is 4. The van der Waals surface area contributed by atoms with Gasteiger partial charge in [-0.1, -0.05) is 42.5 Å². The largest absolute Gasteiger partial charge is 0.383 e. The molecule has 0 aliphatic rings. The van der Waals surface area contributed by atoms with Crippen molar-refractivity contribution in [1.29, 1.82) is 0 Å². The minimum Gasteiger partial charge on any atom is -0.383 e. The summed E-state index contributed by atoms with van der Waals surface area (Å²) in [6, 6.07) is 11.7. The molecule has 1 aromatic heterocycles. The standard InChI is InChI=1S/C19H18FN3OS2/c1-3-12-7-4-6-11(2)15(12)23-17(21)16(26-19(23)25)18(24)22-14-9-5-8-13(20)10-14/h4-10H,3,21H2,1-2H3,(H,22,24). The number of thiazole rings is 1. The van der Waals surface area contributed by atoms with Gasteiger partial charge in [0.25, 0.3) is 5.91 Å². The average molecular weight is 388 g/mol. The lowest BCUT2D eigenvalue weighted by Gasteiger charge is -2.14. The molecule has 0 aliphatic carbocycles. The number of aromatic nitrogens is 1. The van der Waals surface area contributed by atoms with E-state index in [9.17, 15) is 9.18 Å². The Balaban J connectivity index is 2.04. The first-order valence-electron chi connectivity index (χ1n) is 8.09. The lowest BCUT2D eigenvalue weighted by atomic mass is 10.1. The molecule has 0 saturated carbocycles. The van der Waals surface area contributed by atoms with Gasteiger partial charge in [0.05, 0.1) is 5.69 Å². The van der Waals surface area contributed by atoms with Crippen molar-refractivity contribution in [3.63, 3.8) is 0 Å². The molecule has 0 radical (unpaired) electrons. The van der Waals surface area contributed by atoms with Crippen LogP contribution in [-0.4, -0.2) is 10.5 Å². The van der Waals surface area contributed by atoms with E-state index in [1.807, 2.05) is 25.1 Å². The number of para-hydroxylation sites is 1. The Hall–Kier alpha value is -2.51. The number of hydrogen-bond acceptors (Lipinski definition) is 4. The van der Waals surface area contributed by atoms with Gasteiger partial charge >= 0.3 is 0 Å². The summed E-state index contributed by atoms with van der Waals surface area (Å²) < 4.78 is 15.6. The van der Waals surface area contributed by atoms with Crippen molar-refractivity contribution in [2.75, 3.05) is 11.1 Å². The number of nitrogens with zero attached hydrogens (tertiary/aromatic N) is 1. The SMILES string of the molecule is CCc1cccc(C)c1-n1c(N)c(C(=O)Nc2cccc(F)c2)sc1=S. The number of carbonyl (C=O) groups excluding carboxylic acids is 1. The zero-order valence-corrected chi connectivity index (χ0v) is 16.0. The molecule has 4 nitrogen and oxygen atoms in total. The zero-order chi connectivity index (χ0) is 18.8. The van der Waals surface area contributed by atoms with Crippen LogP contribution in [0.15, 0.2) is 42.5 Å². The van der Waals surface area contributed by atoms with Crippen molar-refractivity contribution >= 4 is 41.0 Å². The van der Waals surface area contributed by atoms with E-state index in [0.29, 0.717) is 14.5 Å². The molecule has 134 valence electrons. The molecule has 0 atom stereocenters. The van der Waals surface area contributed by atoms with E-state index in [1.165, 1.54) is 18.2 Å². The highest BCUT2D eigenvalue weighted by Gasteiger charge is 2.20. The topological polar surface area (TPSA) is 60.0 Å². The first-order valence-corrected chi connectivity index (χ1v) is 9.32. The van der Waals surface area contributed by atoms with Gasteiger partial charge < -0.3 is 11.1 Å².